The summed E-state index contributed by atoms with van der Waals surface area (Å²) in [5, 5.41) is 9.36. The average molecular weight is 399 g/mol. The van der Waals surface area contributed by atoms with Gasteiger partial charge in [-0.25, -0.2) is 0 Å². The lowest BCUT2D eigenvalue weighted by atomic mass is 9.82. The van der Waals surface area contributed by atoms with E-state index in [1.54, 1.807) is 23.9 Å². The highest BCUT2D eigenvalue weighted by Crippen LogP contribution is 2.35. The number of aromatic hydroxyl groups is 1. The number of thioether (sulfide) groups is 1. The van der Waals surface area contributed by atoms with E-state index < -0.39 is 18.0 Å². The molecule has 3 rings (SSSR count). The van der Waals surface area contributed by atoms with Crippen LogP contribution >= 0.6 is 11.8 Å². The molecule has 148 valence electrons. The molecule has 5 heteroatoms. The molecule has 28 heavy (non-hydrogen) atoms. The molecule has 1 N–H and O–H groups in total. The van der Waals surface area contributed by atoms with Crippen molar-refractivity contribution in [1.29, 1.82) is 0 Å². The van der Waals surface area contributed by atoms with Crippen LogP contribution in [-0.4, -0.2) is 28.7 Å². The molecular formula is C23H26O4S. The molecule has 1 aliphatic heterocycles. The second kappa shape index (κ2) is 8.39. The van der Waals surface area contributed by atoms with Crippen LogP contribution in [0.3, 0.4) is 0 Å². The third-order valence-corrected chi connectivity index (χ3v) is 6.54. The highest BCUT2D eigenvalue weighted by atomic mass is 32.2. The van der Waals surface area contributed by atoms with Gasteiger partial charge in [0.25, 0.3) is 0 Å². The summed E-state index contributed by atoms with van der Waals surface area (Å²) in [6.07, 6.45) is -0.146. The minimum absolute atomic E-state index is 0.0489. The van der Waals surface area contributed by atoms with Crippen molar-refractivity contribution in [3.63, 3.8) is 0 Å². The molecule has 0 saturated carbocycles. The summed E-state index contributed by atoms with van der Waals surface area (Å²) in [4.78, 5) is 26.7. The quantitative estimate of drug-likeness (QED) is 0.449. The second-order valence-electron chi connectivity index (χ2n) is 7.67. The number of carbonyl (C=O) groups excluding carboxylic acids is 2. The Kier molecular flexibility index (Phi) is 6.14. The Bertz CT molecular complexity index is 847. The number of phenolic OH excluding ortho intramolecular Hbond substituents is 1. The maximum absolute atomic E-state index is 12.9. The van der Waals surface area contributed by atoms with Gasteiger partial charge in [-0.15, -0.1) is 11.8 Å². The Labute approximate surface area is 170 Å². The van der Waals surface area contributed by atoms with Crippen LogP contribution in [0.1, 0.15) is 41.5 Å². The van der Waals surface area contributed by atoms with Crippen LogP contribution in [0.25, 0.3) is 0 Å². The molecule has 0 amide bonds. The fourth-order valence-electron chi connectivity index (χ4n) is 3.83. The highest BCUT2D eigenvalue weighted by Gasteiger charge is 2.41. The van der Waals surface area contributed by atoms with Crippen molar-refractivity contribution in [3.05, 3.63) is 58.7 Å². The maximum atomic E-state index is 12.9. The summed E-state index contributed by atoms with van der Waals surface area (Å²) in [5.74, 6) is -0.294. The predicted molar refractivity (Wildman–Crippen MR) is 111 cm³/mol. The molecule has 1 saturated heterocycles. The highest BCUT2D eigenvalue weighted by molar-refractivity contribution is 7.99. The normalized spacial score (nSPS) is 20.7. The Hall–Kier alpha value is -2.27. The van der Waals surface area contributed by atoms with Crippen molar-refractivity contribution < 1.29 is 19.4 Å². The predicted octanol–water partition coefficient (Wildman–Crippen LogP) is 4.71. The van der Waals surface area contributed by atoms with Gasteiger partial charge >= 0.3 is 5.97 Å². The van der Waals surface area contributed by atoms with Crippen LogP contribution in [0.5, 0.6) is 5.75 Å². The number of esters is 1. The van der Waals surface area contributed by atoms with E-state index in [9.17, 15) is 14.7 Å². The van der Waals surface area contributed by atoms with E-state index in [-0.39, 0.29) is 23.9 Å². The van der Waals surface area contributed by atoms with Gasteiger partial charge in [0.2, 0.25) is 0 Å². The molecule has 0 spiro atoms. The van der Waals surface area contributed by atoms with E-state index in [0.29, 0.717) is 0 Å². The Balaban J connectivity index is 1.68. The lowest BCUT2D eigenvalue weighted by Crippen LogP contribution is -2.41. The molecule has 1 heterocycles. The minimum atomic E-state index is -0.811. The number of rotatable bonds is 5. The summed E-state index contributed by atoms with van der Waals surface area (Å²) < 4.78 is 5.72. The summed E-state index contributed by atoms with van der Waals surface area (Å²) in [5.41, 5.74) is 3.84. The zero-order valence-corrected chi connectivity index (χ0v) is 17.5. The molecule has 2 aromatic rings. The van der Waals surface area contributed by atoms with E-state index in [0.717, 1.165) is 32.9 Å². The summed E-state index contributed by atoms with van der Waals surface area (Å²) in [6, 6.07) is 11.0. The van der Waals surface area contributed by atoms with E-state index in [1.807, 2.05) is 52.0 Å². The molecule has 3 unspecified atom stereocenters. The Morgan fingerprint density at radius 1 is 1.11 bits per heavy atom. The number of aryl methyl sites for hydroxylation is 3. The van der Waals surface area contributed by atoms with Gasteiger partial charge < -0.3 is 9.84 Å². The lowest BCUT2D eigenvalue weighted by Gasteiger charge is -2.32. The molecule has 2 aromatic carbocycles. The van der Waals surface area contributed by atoms with Gasteiger partial charge in [-0.2, -0.15) is 0 Å². The van der Waals surface area contributed by atoms with E-state index in [2.05, 4.69) is 0 Å². The third-order valence-electron chi connectivity index (χ3n) is 5.24. The molecule has 4 nitrogen and oxygen atoms in total. The van der Waals surface area contributed by atoms with Crippen LogP contribution in [-0.2, 0) is 14.3 Å². The van der Waals surface area contributed by atoms with Crippen molar-refractivity contribution in [3.8, 4) is 5.75 Å². The topological polar surface area (TPSA) is 63.6 Å². The SMILES string of the molecule is Cc1cc(C)c(C2C(=O)CC(C(C)CSc3ccc(O)cc3)OC2=O)c(C)c1. The smallest absolute Gasteiger partial charge is 0.321 e. The van der Waals surface area contributed by atoms with E-state index >= 15 is 0 Å². The molecule has 1 aliphatic rings. The summed E-state index contributed by atoms with van der Waals surface area (Å²) >= 11 is 1.62. The lowest BCUT2D eigenvalue weighted by molar-refractivity contribution is -0.162. The number of cyclic esters (lactones) is 1. The largest absolute Gasteiger partial charge is 0.508 e. The van der Waals surface area contributed by atoms with Crippen LogP contribution in [0.15, 0.2) is 41.3 Å². The molecule has 0 aromatic heterocycles. The standard InChI is InChI=1S/C23H26O4S/c1-13-9-14(2)21(15(3)10-13)22-19(25)11-20(27-23(22)26)16(4)12-28-18-7-5-17(24)6-8-18/h5-10,16,20,22,24H,11-12H2,1-4H3. The number of ketones is 1. The number of Topliss-reactive ketones (excluding diaryl/α,β-unsaturated/α-hetero) is 1. The molecule has 0 bridgehead atoms. The summed E-state index contributed by atoms with van der Waals surface area (Å²) in [7, 11) is 0. The van der Waals surface area contributed by atoms with Crippen molar-refractivity contribution in [2.75, 3.05) is 5.75 Å². The number of hydrogen-bond donors (Lipinski definition) is 1. The van der Waals surface area contributed by atoms with Crippen LogP contribution in [0, 0.1) is 26.7 Å². The maximum Gasteiger partial charge on any atom is 0.321 e. The fourth-order valence-corrected chi connectivity index (χ4v) is 4.83. The average Bonchev–Trinajstić information content (AvgIpc) is 2.62. The van der Waals surface area contributed by atoms with Gasteiger partial charge in [-0.3, -0.25) is 9.59 Å². The Morgan fingerprint density at radius 3 is 2.29 bits per heavy atom. The monoisotopic (exact) mass is 398 g/mol. The van der Waals surface area contributed by atoms with Gasteiger partial charge in [0.1, 0.15) is 17.8 Å². The van der Waals surface area contributed by atoms with Gasteiger partial charge in [0, 0.05) is 23.0 Å². The van der Waals surface area contributed by atoms with Crippen LogP contribution < -0.4 is 0 Å². The molecule has 0 aliphatic carbocycles. The minimum Gasteiger partial charge on any atom is -0.508 e. The van der Waals surface area contributed by atoms with Crippen molar-refractivity contribution in [1.82, 2.24) is 0 Å². The molecule has 0 radical (unpaired) electrons. The molecule has 1 fully saturated rings. The molecular weight excluding hydrogens is 372 g/mol. The Morgan fingerprint density at radius 2 is 1.71 bits per heavy atom. The van der Waals surface area contributed by atoms with Crippen molar-refractivity contribution in [2.45, 2.75) is 51.0 Å². The van der Waals surface area contributed by atoms with Crippen LogP contribution in [0.4, 0.5) is 0 Å². The van der Waals surface area contributed by atoms with Crippen LogP contribution in [0.2, 0.25) is 0 Å². The van der Waals surface area contributed by atoms with Crippen molar-refractivity contribution >= 4 is 23.5 Å². The van der Waals surface area contributed by atoms with Gasteiger partial charge in [0.15, 0.2) is 5.78 Å². The number of phenols is 1. The number of carbonyl (C=O) groups is 2. The van der Waals surface area contributed by atoms with Gasteiger partial charge in [0.05, 0.1) is 0 Å². The third kappa shape index (κ3) is 4.41. The van der Waals surface area contributed by atoms with Gasteiger partial charge in [-0.05, 0) is 61.7 Å². The fraction of sp³-hybridized carbons (Fsp3) is 0.391. The first-order valence-corrected chi connectivity index (χ1v) is 10.5. The number of hydrogen-bond acceptors (Lipinski definition) is 5. The summed E-state index contributed by atoms with van der Waals surface area (Å²) in [6.45, 7) is 7.90. The first-order chi connectivity index (χ1) is 13.3. The number of ether oxygens (including phenoxy) is 1. The zero-order valence-electron chi connectivity index (χ0n) is 16.7. The van der Waals surface area contributed by atoms with Crippen molar-refractivity contribution in [2.24, 2.45) is 5.92 Å². The number of benzene rings is 2. The van der Waals surface area contributed by atoms with E-state index in [4.69, 9.17) is 4.74 Å². The first kappa shape index (κ1) is 20.5. The molecule has 3 atom stereocenters. The second-order valence-corrected chi connectivity index (χ2v) is 8.77. The zero-order chi connectivity index (χ0) is 20.4. The van der Waals surface area contributed by atoms with E-state index in [1.165, 1.54) is 0 Å². The first-order valence-electron chi connectivity index (χ1n) is 9.49. The van der Waals surface area contributed by atoms with Gasteiger partial charge in [-0.1, -0.05) is 24.6 Å².